The van der Waals surface area contributed by atoms with Crippen molar-refractivity contribution in [2.75, 3.05) is 18.0 Å². The molecule has 2 amide bonds. The summed E-state index contributed by atoms with van der Waals surface area (Å²) < 4.78 is 0. The first-order valence-corrected chi connectivity index (χ1v) is 13.0. The average Bonchev–Trinajstić information content (AvgIpc) is 3.42. The first kappa shape index (κ1) is 27.2. The van der Waals surface area contributed by atoms with Crippen molar-refractivity contribution in [1.29, 1.82) is 5.26 Å². The molecule has 192 valence electrons. The number of benzene rings is 1. The van der Waals surface area contributed by atoms with E-state index in [0.717, 1.165) is 45.2 Å². The largest absolute Gasteiger partial charge is 0.351 e. The second-order valence-electron chi connectivity index (χ2n) is 10.6. The highest BCUT2D eigenvalue weighted by molar-refractivity contribution is 5.93. The van der Waals surface area contributed by atoms with Crippen LogP contribution >= 0.6 is 0 Å². The van der Waals surface area contributed by atoms with Gasteiger partial charge in [0, 0.05) is 42.8 Å². The summed E-state index contributed by atoms with van der Waals surface area (Å²) in [6.45, 7) is 8.41. The SMILES string of the molecule is CC(C)(C)c1ccc(N(C=O)C(C(=O)NC2CCCCC2)c2cccnc2)cc1.N#CN1CCCC1. The molecular weight excluding hydrogens is 450 g/mol. The van der Waals surface area contributed by atoms with Gasteiger partial charge in [0.25, 0.3) is 0 Å². The summed E-state index contributed by atoms with van der Waals surface area (Å²) in [6, 6.07) is 10.9. The number of hydrogen-bond acceptors (Lipinski definition) is 5. The molecular formula is C29H39N5O2. The predicted molar refractivity (Wildman–Crippen MR) is 142 cm³/mol. The van der Waals surface area contributed by atoms with Gasteiger partial charge < -0.3 is 10.2 Å². The Morgan fingerprint density at radius 3 is 2.28 bits per heavy atom. The molecule has 1 atom stereocenters. The van der Waals surface area contributed by atoms with Crippen molar-refractivity contribution in [1.82, 2.24) is 15.2 Å². The number of likely N-dealkylation sites (tertiary alicyclic amines) is 1. The maximum absolute atomic E-state index is 13.3. The molecule has 0 bridgehead atoms. The van der Waals surface area contributed by atoms with E-state index >= 15 is 0 Å². The molecule has 2 heterocycles. The molecule has 1 aromatic carbocycles. The van der Waals surface area contributed by atoms with Crippen LogP contribution in [0.25, 0.3) is 0 Å². The molecule has 1 N–H and O–H groups in total. The van der Waals surface area contributed by atoms with Crippen molar-refractivity contribution in [3.05, 3.63) is 59.9 Å². The van der Waals surface area contributed by atoms with Crippen LogP contribution in [0.15, 0.2) is 48.8 Å². The van der Waals surface area contributed by atoms with Gasteiger partial charge in [-0.15, -0.1) is 0 Å². The van der Waals surface area contributed by atoms with Crippen LogP contribution in [-0.2, 0) is 15.0 Å². The van der Waals surface area contributed by atoms with Crippen LogP contribution in [0.2, 0.25) is 0 Å². The summed E-state index contributed by atoms with van der Waals surface area (Å²) in [5.41, 5.74) is 2.59. The third kappa shape index (κ3) is 7.55. The van der Waals surface area contributed by atoms with E-state index in [1.54, 1.807) is 23.4 Å². The Morgan fingerprint density at radius 2 is 1.78 bits per heavy atom. The molecule has 1 aliphatic heterocycles. The van der Waals surface area contributed by atoms with E-state index in [-0.39, 0.29) is 17.4 Å². The first-order chi connectivity index (χ1) is 17.3. The number of nitriles is 1. The molecule has 1 saturated carbocycles. The fourth-order valence-electron chi connectivity index (χ4n) is 4.72. The van der Waals surface area contributed by atoms with Crippen molar-refractivity contribution < 1.29 is 9.59 Å². The number of aromatic nitrogens is 1. The highest BCUT2D eigenvalue weighted by atomic mass is 16.2. The lowest BCUT2D eigenvalue weighted by molar-refractivity contribution is -0.125. The van der Waals surface area contributed by atoms with Crippen LogP contribution in [0.4, 0.5) is 5.69 Å². The Hall–Kier alpha value is -3.40. The number of hydrogen-bond donors (Lipinski definition) is 1. The maximum atomic E-state index is 13.3. The van der Waals surface area contributed by atoms with Crippen LogP contribution in [0.5, 0.6) is 0 Å². The normalized spacial score (nSPS) is 16.8. The molecule has 4 rings (SSSR count). The van der Waals surface area contributed by atoms with Crippen LogP contribution < -0.4 is 10.2 Å². The molecule has 0 spiro atoms. The number of carbonyl (C=O) groups excluding carboxylic acids is 2. The zero-order chi connectivity index (χ0) is 26.0. The molecule has 7 nitrogen and oxygen atoms in total. The second kappa shape index (κ2) is 13.1. The van der Waals surface area contributed by atoms with Gasteiger partial charge in [0.1, 0.15) is 6.04 Å². The Morgan fingerprint density at radius 1 is 1.11 bits per heavy atom. The van der Waals surface area contributed by atoms with E-state index in [4.69, 9.17) is 5.26 Å². The molecule has 0 radical (unpaired) electrons. The first-order valence-electron chi connectivity index (χ1n) is 13.0. The quantitative estimate of drug-likeness (QED) is 0.451. The van der Waals surface area contributed by atoms with E-state index < -0.39 is 6.04 Å². The van der Waals surface area contributed by atoms with Gasteiger partial charge in [-0.25, -0.2) is 0 Å². The molecule has 2 fully saturated rings. The van der Waals surface area contributed by atoms with Crippen LogP contribution in [0.3, 0.4) is 0 Å². The molecule has 1 unspecified atom stereocenters. The van der Waals surface area contributed by atoms with Crippen LogP contribution in [0, 0.1) is 11.5 Å². The van der Waals surface area contributed by atoms with Crippen molar-refractivity contribution in [3.8, 4) is 6.19 Å². The van der Waals surface area contributed by atoms with E-state index in [1.807, 2.05) is 30.3 Å². The molecule has 2 aromatic rings. The fraction of sp³-hybridized carbons (Fsp3) is 0.517. The second-order valence-corrected chi connectivity index (χ2v) is 10.6. The smallest absolute Gasteiger partial charge is 0.248 e. The standard InChI is InChI=1S/C24H31N3O2.C5H8N2/c1-24(2,3)19-11-13-21(14-12-19)27(17-28)22(18-8-7-15-25-16-18)23(29)26-20-9-5-4-6-10-20;6-5-7-3-1-2-4-7/h7-8,11-17,20,22H,4-6,9-10H2,1-3H3,(H,26,29);1-4H2. The summed E-state index contributed by atoms with van der Waals surface area (Å²) >= 11 is 0. The lowest BCUT2D eigenvalue weighted by Crippen LogP contribution is -2.45. The summed E-state index contributed by atoms with van der Waals surface area (Å²) in [7, 11) is 0. The Labute approximate surface area is 215 Å². The lowest BCUT2D eigenvalue weighted by atomic mass is 9.87. The molecule has 2 aliphatic rings. The lowest BCUT2D eigenvalue weighted by Gasteiger charge is -2.31. The summed E-state index contributed by atoms with van der Waals surface area (Å²) in [6.07, 6.45) is 14.0. The third-order valence-corrected chi connectivity index (χ3v) is 6.87. The van der Waals surface area contributed by atoms with E-state index in [1.165, 1.54) is 29.7 Å². The van der Waals surface area contributed by atoms with Gasteiger partial charge in [-0.2, -0.15) is 5.26 Å². The molecule has 1 aliphatic carbocycles. The molecule has 36 heavy (non-hydrogen) atoms. The summed E-state index contributed by atoms with van der Waals surface area (Å²) in [5, 5.41) is 11.4. The molecule has 1 saturated heterocycles. The number of rotatable bonds is 6. The third-order valence-electron chi connectivity index (χ3n) is 6.87. The van der Waals surface area contributed by atoms with Crippen molar-refractivity contribution >= 4 is 18.0 Å². The van der Waals surface area contributed by atoms with Crippen molar-refractivity contribution in [2.24, 2.45) is 0 Å². The van der Waals surface area contributed by atoms with Gasteiger partial charge in [0.15, 0.2) is 6.19 Å². The van der Waals surface area contributed by atoms with Crippen molar-refractivity contribution in [2.45, 2.75) is 83.2 Å². The monoisotopic (exact) mass is 489 g/mol. The van der Waals surface area contributed by atoms with Crippen molar-refractivity contribution in [3.63, 3.8) is 0 Å². The van der Waals surface area contributed by atoms with Crippen LogP contribution in [0.1, 0.15) is 82.9 Å². The highest BCUT2D eigenvalue weighted by Gasteiger charge is 2.30. The van der Waals surface area contributed by atoms with Gasteiger partial charge in [-0.3, -0.25) is 19.5 Å². The zero-order valence-electron chi connectivity index (χ0n) is 21.8. The number of carbonyl (C=O) groups is 2. The van der Waals surface area contributed by atoms with Gasteiger partial charge in [-0.05, 0) is 54.9 Å². The Kier molecular flexibility index (Phi) is 9.86. The molecule has 1 aromatic heterocycles. The Bertz CT molecular complexity index is 999. The van der Waals surface area contributed by atoms with Gasteiger partial charge in [-0.1, -0.05) is 58.2 Å². The zero-order valence-corrected chi connectivity index (χ0v) is 21.8. The summed E-state index contributed by atoms with van der Waals surface area (Å²) in [5.74, 6) is -0.156. The number of anilines is 1. The summed E-state index contributed by atoms with van der Waals surface area (Å²) in [4.78, 5) is 32.9. The van der Waals surface area contributed by atoms with Crippen LogP contribution in [-0.4, -0.2) is 41.3 Å². The topological polar surface area (TPSA) is 89.3 Å². The fourth-order valence-corrected chi connectivity index (χ4v) is 4.72. The minimum absolute atomic E-state index is 0.0195. The van der Waals surface area contributed by atoms with E-state index in [0.29, 0.717) is 11.3 Å². The van der Waals surface area contributed by atoms with Gasteiger partial charge >= 0.3 is 0 Å². The number of nitrogens with one attached hydrogen (secondary N) is 1. The minimum atomic E-state index is -0.747. The minimum Gasteiger partial charge on any atom is -0.351 e. The number of amides is 2. The number of pyridine rings is 1. The highest BCUT2D eigenvalue weighted by Crippen LogP contribution is 2.30. The Balaban J connectivity index is 0.000000444. The van der Waals surface area contributed by atoms with Gasteiger partial charge in [0.2, 0.25) is 12.3 Å². The van der Waals surface area contributed by atoms with Gasteiger partial charge in [0.05, 0.1) is 0 Å². The molecule has 7 heteroatoms. The maximum Gasteiger partial charge on any atom is 0.248 e. The number of nitrogens with zero attached hydrogens (tertiary/aromatic N) is 4. The van der Waals surface area contributed by atoms with E-state index in [2.05, 4.69) is 37.3 Å². The average molecular weight is 490 g/mol. The van der Waals surface area contributed by atoms with E-state index in [9.17, 15) is 9.59 Å². The predicted octanol–water partition coefficient (Wildman–Crippen LogP) is 5.10.